The van der Waals surface area contributed by atoms with Gasteiger partial charge in [-0.15, -0.1) is 0 Å². The molecular formula is C15H18N4O3. The Balaban J connectivity index is 1.91. The quantitative estimate of drug-likeness (QED) is 0.379. The fraction of sp³-hybridized carbons (Fsp3) is 0.467. The Morgan fingerprint density at radius 3 is 2.41 bits per heavy atom. The number of carbonyl (C=O) groups excluding carboxylic acids is 1. The van der Waals surface area contributed by atoms with E-state index in [9.17, 15) is 14.9 Å². The number of hydrogen-bond acceptors (Lipinski definition) is 3. The van der Waals surface area contributed by atoms with Gasteiger partial charge in [0.1, 0.15) is 0 Å². The summed E-state index contributed by atoms with van der Waals surface area (Å²) in [4.78, 5) is 26.4. The van der Waals surface area contributed by atoms with E-state index < -0.39 is 4.92 Å². The molecule has 3 rings (SSSR count). The molecule has 2 bridgehead atoms. The van der Waals surface area contributed by atoms with Crippen LogP contribution < -0.4 is 11.5 Å². The molecule has 7 nitrogen and oxygen atoms in total. The van der Waals surface area contributed by atoms with Crippen LogP contribution >= 0.6 is 0 Å². The van der Waals surface area contributed by atoms with Crippen LogP contribution in [0.1, 0.15) is 30.7 Å². The van der Waals surface area contributed by atoms with Crippen molar-refractivity contribution in [3.05, 3.63) is 39.9 Å². The Morgan fingerprint density at radius 1 is 1.18 bits per heavy atom. The average molecular weight is 302 g/mol. The van der Waals surface area contributed by atoms with Gasteiger partial charge in [0.05, 0.1) is 10.8 Å². The Bertz CT molecular complexity index is 637. The second-order valence-electron chi connectivity index (χ2n) is 6.11. The first kappa shape index (κ1) is 14.5. The second kappa shape index (κ2) is 5.40. The van der Waals surface area contributed by atoms with Gasteiger partial charge in [-0.25, -0.2) is 0 Å². The fourth-order valence-corrected chi connectivity index (χ4v) is 4.15. The monoisotopic (exact) mass is 302 g/mol. The third-order valence-corrected chi connectivity index (χ3v) is 4.93. The minimum absolute atomic E-state index is 0.0511. The Labute approximate surface area is 127 Å². The van der Waals surface area contributed by atoms with Crippen LogP contribution in [-0.2, 0) is 4.79 Å². The topological polar surface area (TPSA) is 125 Å². The largest absolute Gasteiger partial charge is 0.370 e. The highest BCUT2D eigenvalue weighted by atomic mass is 16.6. The van der Waals surface area contributed by atoms with Gasteiger partial charge in [-0.2, -0.15) is 4.99 Å². The smallest absolute Gasteiger partial charge is 0.269 e. The molecule has 1 aromatic carbocycles. The number of rotatable bonds is 3. The average Bonchev–Trinajstić information content (AvgIpc) is 3.07. The van der Waals surface area contributed by atoms with Crippen molar-refractivity contribution in [3.63, 3.8) is 0 Å². The maximum absolute atomic E-state index is 12.3. The van der Waals surface area contributed by atoms with E-state index in [0.717, 1.165) is 24.8 Å². The van der Waals surface area contributed by atoms with Crippen LogP contribution in [0.15, 0.2) is 29.3 Å². The molecule has 0 heterocycles. The first-order chi connectivity index (χ1) is 10.5. The lowest BCUT2D eigenvalue weighted by atomic mass is 9.75. The minimum atomic E-state index is -0.424. The molecule has 4 N–H and O–H groups in total. The second-order valence-corrected chi connectivity index (χ2v) is 6.11. The number of fused-ring (bicyclic) bond motifs is 2. The number of carbonyl (C=O) groups is 1. The summed E-state index contributed by atoms with van der Waals surface area (Å²) in [5, 5.41) is 10.8. The molecule has 0 aliphatic heterocycles. The van der Waals surface area contributed by atoms with Gasteiger partial charge in [-0.3, -0.25) is 14.9 Å². The SMILES string of the molecule is NC(N)=NC(=O)C1C2CCC(C2)C1c1ccc([N+](=O)[O-])cc1. The predicted molar refractivity (Wildman–Crippen MR) is 81.0 cm³/mol. The lowest BCUT2D eigenvalue weighted by molar-refractivity contribution is -0.384. The Morgan fingerprint density at radius 2 is 1.82 bits per heavy atom. The van der Waals surface area contributed by atoms with Gasteiger partial charge in [0, 0.05) is 12.1 Å². The summed E-state index contributed by atoms with van der Waals surface area (Å²) in [7, 11) is 0. The number of nitrogens with two attached hydrogens (primary N) is 2. The predicted octanol–water partition coefficient (Wildman–Crippen LogP) is 1.52. The number of guanidine groups is 1. The number of non-ortho nitro benzene ring substituents is 1. The van der Waals surface area contributed by atoms with Gasteiger partial charge in [0.2, 0.25) is 0 Å². The van der Waals surface area contributed by atoms with Crippen molar-refractivity contribution in [2.24, 2.45) is 34.2 Å². The van der Waals surface area contributed by atoms with Crippen molar-refractivity contribution >= 4 is 17.6 Å². The van der Waals surface area contributed by atoms with Crippen LogP contribution in [0.3, 0.4) is 0 Å². The van der Waals surface area contributed by atoms with Crippen LogP contribution in [0.5, 0.6) is 0 Å². The van der Waals surface area contributed by atoms with Crippen LogP contribution in [0, 0.1) is 27.9 Å². The van der Waals surface area contributed by atoms with Gasteiger partial charge in [0.15, 0.2) is 5.96 Å². The molecular weight excluding hydrogens is 284 g/mol. The molecule has 1 amide bonds. The number of hydrogen-bond donors (Lipinski definition) is 2. The van der Waals surface area contributed by atoms with Crippen molar-refractivity contribution in [3.8, 4) is 0 Å². The summed E-state index contributed by atoms with van der Waals surface area (Å²) in [6.07, 6.45) is 3.10. The highest BCUT2D eigenvalue weighted by Gasteiger charge is 2.51. The molecule has 0 saturated heterocycles. The standard InChI is InChI=1S/C15H18N4O3/c16-15(17)18-14(20)13-10-2-1-9(7-10)12(13)8-3-5-11(6-4-8)19(21)22/h3-6,9-10,12-13H,1-2,7H2,(H4,16,17,18,20). The van der Waals surface area contributed by atoms with Gasteiger partial charge in [-0.05, 0) is 42.6 Å². The molecule has 7 heteroatoms. The number of aliphatic imine (C=N–C) groups is 1. The van der Waals surface area contributed by atoms with E-state index in [1.807, 2.05) is 0 Å². The van der Waals surface area contributed by atoms with Crippen molar-refractivity contribution in [1.82, 2.24) is 0 Å². The maximum Gasteiger partial charge on any atom is 0.269 e. The van der Waals surface area contributed by atoms with E-state index in [-0.39, 0.29) is 29.4 Å². The highest BCUT2D eigenvalue weighted by Crippen LogP contribution is 2.57. The third-order valence-electron chi connectivity index (χ3n) is 4.93. The summed E-state index contributed by atoms with van der Waals surface area (Å²) in [5.74, 6) is 0.0821. The molecule has 1 aromatic rings. The molecule has 2 fully saturated rings. The molecule has 4 atom stereocenters. The number of benzene rings is 1. The fourth-order valence-electron chi connectivity index (χ4n) is 4.15. The van der Waals surface area contributed by atoms with Crippen LogP contribution in [0.25, 0.3) is 0 Å². The lowest BCUT2D eigenvalue weighted by Crippen LogP contribution is -2.31. The van der Waals surface area contributed by atoms with Gasteiger partial charge in [0.25, 0.3) is 11.6 Å². The Kier molecular flexibility index (Phi) is 3.56. The zero-order valence-corrected chi connectivity index (χ0v) is 12.0. The van der Waals surface area contributed by atoms with Crippen LogP contribution in [0.2, 0.25) is 0 Å². The normalized spacial score (nSPS) is 29.3. The van der Waals surface area contributed by atoms with Gasteiger partial charge in [-0.1, -0.05) is 12.1 Å². The minimum Gasteiger partial charge on any atom is -0.370 e. The van der Waals surface area contributed by atoms with E-state index in [2.05, 4.69) is 4.99 Å². The first-order valence-electron chi connectivity index (χ1n) is 7.35. The number of nitro groups is 1. The molecule has 0 spiro atoms. The summed E-state index contributed by atoms with van der Waals surface area (Å²) in [6.45, 7) is 0. The summed E-state index contributed by atoms with van der Waals surface area (Å²) >= 11 is 0. The molecule has 116 valence electrons. The van der Waals surface area contributed by atoms with Crippen molar-refractivity contribution in [2.75, 3.05) is 0 Å². The maximum atomic E-state index is 12.3. The molecule has 2 aliphatic rings. The van der Waals surface area contributed by atoms with Gasteiger partial charge < -0.3 is 11.5 Å². The van der Waals surface area contributed by atoms with Crippen LogP contribution in [-0.4, -0.2) is 16.8 Å². The van der Waals surface area contributed by atoms with Gasteiger partial charge >= 0.3 is 0 Å². The van der Waals surface area contributed by atoms with E-state index in [4.69, 9.17) is 11.5 Å². The zero-order valence-electron chi connectivity index (χ0n) is 12.0. The van der Waals surface area contributed by atoms with Crippen molar-refractivity contribution < 1.29 is 9.72 Å². The molecule has 0 radical (unpaired) electrons. The Hall–Kier alpha value is -2.44. The van der Waals surface area contributed by atoms with Crippen molar-refractivity contribution in [2.45, 2.75) is 25.2 Å². The van der Waals surface area contributed by atoms with Crippen molar-refractivity contribution in [1.29, 1.82) is 0 Å². The molecule has 2 aliphatic carbocycles. The molecule has 0 aromatic heterocycles. The van der Waals surface area contributed by atoms with E-state index in [1.165, 1.54) is 12.1 Å². The van der Waals surface area contributed by atoms with E-state index >= 15 is 0 Å². The summed E-state index contributed by atoms with van der Waals surface area (Å²) in [5.41, 5.74) is 11.7. The third kappa shape index (κ3) is 2.43. The number of nitro benzene ring substituents is 1. The first-order valence-corrected chi connectivity index (χ1v) is 7.35. The summed E-state index contributed by atoms with van der Waals surface area (Å²) < 4.78 is 0. The number of amides is 1. The zero-order chi connectivity index (χ0) is 15.9. The summed E-state index contributed by atoms with van der Waals surface area (Å²) in [6, 6.07) is 6.48. The molecule has 2 saturated carbocycles. The molecule has 4 unspecified atom stereocenters. The highest BCUT2D eigenvalue weighted by molar-refractivity contribution is 5.93. The lowest BCUT2D eigenvalue weighted by Gasteiger charge is -2.29. The number of nitrogens with zero attached hydrogens (tertiary/aromatic N) is 2. The van der Waals surface area contributed by atoms with Crippen LogP contribution in [0.4, 0.5) is 5.69 Å². The molecule has 22 heavy (non-hydrogen) atoms. The van der Waals surface area contributed by atoms with E-state index in [0.29, 0.717) is 11.8 Å². The van der Waals surface area contributed by atoms with E-state index in [1.54, 1.807) is 12.1 Å².